The van der Waals surface area contributed by atoms with E-state index in [2.05, 4.69) is 11.4 Å². The molecule has 6 nitrogen and oxygen atoms in total. The Labute approximate surface area is 193 Å². The van der Waals surface area contributed by atoms with Gasteiger partial charge in [-0.15, -0.1) is 0 Å². The minimum absolute atomic E-state index is 0.0942. The molecule has 0 fully saturated rings. The number of amides is 1. The minimum atomic E-state index is -1.54. The number of Topliss-reactive ketones (excluding diaryl/α,β-unsaturated/α-hetero) is 1. The number of benzene rings is 2. The van der Waals surface area contributed by atoms with E-state index in [9.17, 15) is 14.9 Å². The molecular formula is C27H26N4O2. The molecule has 3 aliphatic rings. The summed E-state index contributed by atoms with van der Waals surface area (Å²) in [5.41, 5.74) is 10.0. The molecule has 2 heterocycles. The molecule has 5 rings (SSSR count). The SMILES string of the molecule is Cc1ccc(N2C(N)=C(C#N)C3(C(=O)Nc4ccc(C)cc43)C3=C2CC(C)(C)CC3=O)cc1. The van der Waals surface area contributed by atoms with Crippen molar-refractivity contribution in [2.75, 3.05) is 10.2 Å². The second-order valence-electron chi connectivity index (χ2n) is 10.1. The number of aryl methyl sites for hydroxylation is 2. The van der Waals surface area contributed by atoms with Crippen molar-refractivity contribution in [3.8, 4) is 6.07 Å². The van der Waals surface area contributed by atoms with Crippen LogP contribution in [0, 0.1) is 30.6 Å². The summed E-state index contributed by atoms with van der Waals surface area (Å²) in [5, 5.41) is 13.3. The number of carbonyl (C=O) groups is 2. The molecule has 2 aromatic rings. The van der Waals surface area contributed by atoms with Crippen LogP contribution in [-0.4, -0.2) is 11.7 Å². The molecule has 2 aromatic carbocycles. The lowest BCUT2D eigenvalue weighted by Crippen LogP contribution is -2.52. The number of nitrogens with two attached hydrogens (primary N) is 1. The maximum atomic E-state index is 13.8. The number of hydrogen-bond acceptors (Lipinski definition) is 5. The summed E-state index contributed by atoms with van der Waals surface area (Å²) in [6.07, 6.45) is 0.847. The van der Waals surface area contributed by atoms with Crippen LogP contribution in [0.1, 0.15) is 43.4 Å². The number of fused-ring (bicyclic) bond motifs is 3. The zero-order chi connectivity index (χ0) is 23.7. The molecule has 3 N–H and O–H groups in total. The van der Waals surface area contributed by atoms with Gasteiger partial charge >= 0.3 is 0 Å². The normalized spacial score (nSPS) is 23.4. The van der Waals surface area contributed by atoms with Crippen LogP contribution in [0.3, 0.4) is 0 Å². The highest BCUT2D eigenvalue weighted by Crippen LogP contribution is 2.57. The minimum Gasteiger partial charge on any atom is -0.384 e. The Morgan fingerprint density at radius 3 is 2.36 bits per heavy atom. The second kappa shape index (κ2) is 6.82. The molecule has 166 valence electrons. The van der Waals surface area contributed by atoms with Crippen LogP contribution in [0.2, 0.25) is 0 Å². The van der Waals surface area contributed by atoms with Gasteiger partial charge in [0.15, 0.2) is 5.78 Å². The third kappa shape index (κ3) is 2.78. The van der Waals surface area contributed by atoms with Gasteiger partial charge in [-0.3, -0.25) is 14.5 Å². The van der Waals surface area contributed by atoms with E-state index in [1.165, 1.54) is 0 Å². The molecular weight excluding hydrogens is 412 g/mol. The Kier molecular flexibility index (Phi) is 4.35. The highest BCUT2D eigenvalue weighted by Gasteiger charge is 2.61. The summed E-state index contributed by atoms with van der Waals surface area (Å²) in [5.74, 6) is -0.329. The van der Waals surface area contributed by atoms with Crippen molar-refractivity contribution in [2.45, 2.75) is 46.0 Å². The fraction of sp³-hybridized carbons (Fsp3) is 0.296. The number of nitrogens with one attached hydrogen (secondary N) is 1. The van der Waals surface area contributed by atoms with E-state index in [1.807, 2.05) is 70.2 Å². The third-order valence-corrected chi connectivity index (χ3v) is 6.94. The number of nitriles is 1. The Morgan fingerprint density at radius 1 is 1.03 bits per heavy atom. The number of allylic oxidation sites excluding steroid dienone is 1. The van der Waals surface area contributed by atoms with Crippen molar-refractivity contribution in [1.82, 2.24) is 0 Å². The fourth-order valence-electron chi connectivity index (χ4n) is 5.52. The van der Waals surface area contributed by atoms with Gasteiger partial charge in [0.1, 0.15) is 17.3 Å². The van der Waals surface area contributed by atoms with E-state index in [0.717, 1.165) is 16.8 Å². The molecule has 1 amide bonds. The van der Waals surface area contributed by atoms with Crippen molar-refractivity contribution in [3.63, 3.8) is 0 Å². The summed E-state index contributed by atoms with van der Waals surface area (Å²) < 4.78 is 0. The van der Waals surface area contributed by atoms with Crippen molar-refractivity contribution in [1.29, 1.82) is 5.26 Å². The van der Waals surface area contributed by atoms with Crippen LogP contribution in [0.25, 0.3) is 0 Å². The first-order valence-electron chi connectivity index (χ1n) is 11.1. The first-order valence-corrected chi connectivity index (χ1v) is 11.1. The predicted octanol–water partition coefficient (Wildman–Crippen LogP) is 4.35. The van der Waals surface area contributed by atoms with Crippen molar-refractivity contribution >= 4 is 23.1 Å². The number of rotatable bonds is 1. The zero-order valence-corrected chi connectivity index (χ0v) is 19.2. The van der Waals surface area contributed by atoms with Crippen LogP contribution in [-0.2, 0) is 15.0 Å². The molecule has 0 aromatic heterocycles. The third-order valence-electron chi connectivity index (χ3n) is 6.94. The van der Waals surface area contributed by atoms with E-state index < -0.39 is 11.3 Å². The Balaban J connectivity index is 1.90. The van der Waals surface area contributed by atoms with Gasteiger partial charge in [0.05, 0.1) is 5.57 Å². The van der Waals surface area contributed by atoms with Crippen LogP contribution >= 0.6 is 0 Å². The second-order valence-corrected chi connectivity index (χ2v) is 10.1. The molecule has 1 unspecified atom stereocenters. The van der Waals surface area contributed by atoms with Crippen LogP contribution in [0.15, 0.2) is 65.1 Å². The van der Waals surface area contributed by atoms with E-state index in [-0.39, 0.29) is 22.6 Å². The maximum Gasteiger partial charge on any atom is 0.245 e. The van der Waals surface area contributed by atoms with Gasteiger partial charge in [0.25, 0.3) is 0 Å². The average molecular weight is 439 g/mol. The van der Waals surface area contributed by atoms with E-state index in [0.29, 0.717) is 35.4 Å². The number of anilines is 2. The Bertz CT molecular complexity index is 1340. The molecule has 1 spiro atoms. The molecule has 2 aliphatic heterocycles. The monoisotopic (exact) mass is 438 g/mol. The summed E-state index contributed by atoms with van der Waals surface area (Å²) in [4.78, 5) is 29.3. The van der Waals surface area contributed by atoms with Gasteiger partial charge in [-0.1, -0.05) is 49.2 Å². The summed E-state index contributed by atoms with van der Waals surface area (Å²) in [6, 6.07) is 15.6. The standard InChI is InChI=1S/C27H26N4O2/c1-15-5-8-17(9-6-15)31-21-12-26(3,4)13-22(32)23(21)27(19(14-28)24(31)29)18-11-16(2)7-10-20(18)30-25(27)33/h5-11H,12-13,29H2,1-4H3,(H,30,33). The van der Waals surface area contributed by atoms with Crippen molar-refractivity contribution in [3.05, 3.63) is 81.8 Å². The van der Waals surface area contributed by atoms with E-state index in [1.54, 1.807) is 4.90 Å². The van der Waals surface area contributed by atoms with Crippen molar-refractivity contribution < 1.29 is 9.59 Å². The van der Waals surface area contributed by atoms with E-state index in [4.69, 9.17) is 5.73 Å². The smallest absolute Gasteiger partial charge is 0.245 e. The molecule has 1 atom stereocenters. The fourth-order valence-corrected chi connectivity index (χ4v) is 5.52. The highest BCUT2D eigenvalue weighted by molar-refractivity contribution is 6.20. The number of carbonyl (C=O) groups excluding carboxylic acids is 2. The van der Waals surface area contributed by atoms with E-state index >= 15 is 0 Å². The number of nitrogens with zero attached hydrogens (tertiary/aromatic N) is 2. The molecule has 6 heteroatoms. The quantitative estimate of drug-likeness (QED) is 0.690. The topological polar surface area (TPSA) is 99.2 Å². The molecule has 0 saturated heterocycles. The van der Waals surface area contributed by atoms with Gasteiger partial charge in [-0.25, -0.2) is 0 Å². The van der Waals surface area contributed by atoms with Gasteiger partial charge < -0.3 is 11.1 Å². The first-order chi connectivity index (χ1) is 15.6. The Hall–Kier alpha value is -3.85. The maximum absolute atomic E-state index is 13.8. The highest BCUT2D eigenvalue weighted by atomic mass is 16.2. The largest absolute Gasteiger partial charge is 0.384 e. The molecule has 0 saturated carbocycles. The summed E-state index contributed by atoms with van der Waals surface area (Å²) in [6.45, 7) is 8.01. The number of hydrogen-bond donors (Lipinski definition) is 2. The number of ketones is 1. The lowest BCUT2D eigenvalue weighted by Gasteiger charge is -2.46. The lowest BCUT2D eigenvalue weighted by molar-refractivity contribution is -0.123. The molecule has 0 radical (unpaired) electrons. The molecule has 1 aliphatic carbocycles. The predicted molar refractivity (Wildman–Crippen MR) is 127 cm³/mol. The van der Waals surface area contributed by atoms with Crippen molar-refractivity contribution in [2.24, 2.45) is 11.1 Å². The average Bonchev–Trinajstić information content (AvgIpc) is 3.00. The zero-order valence-electron chi connectivity index (χ0n) is 19.2. The van der Waals surface area contributed by atoms with Gasteiger partial charge in [0.2, 0.25) is 5.91 Å². The van der Waals surface area contributed by atoms with Gasteiger partial charge in [-0.2, -0.15) is 5.26 Å². The lowest BCUT2D eigenvalue weighted by atomic mass is 9.60. The summed E-state index contributed by atoms with van der Waals surface area (Å²) >= 11 is 0. The van der Waals surface area contributed by atoms with Gasteiger partial charge in [-0.05, 0) is 43.9 Å². The van der Waals surface area contributed by atoms with Crippen LogP contribution in [0.5, 0.6) is 0 Å². The first kappa shape index (κ1) is 21.0. The Morgan fingerprint density at radius 2 is 1.70 bits per heavy atom. The van der Waals surface area contributed by atoms with Crippen LogP contribution < -0.4 is 16.0 Å². The molecule has 0 bridgehead atoms. The molecule has 33 heavy (non-hydrogen) atoms. The van der Waals surface area contributed by atoms with Gasteiger partial charge in [0, 0.05) is 34.6 Å². The summed E-state index contributed by atoms with van der Waals surface area (Å²) in [7, 11) is 0. The van der Waals surface area contributed by atoms with Crippen LogP contribution in [0.4, 0.5) is 11.4 Å².